The molecule has 2 aliphatic heterocycles. The minimum atomic E-state index is 0.122. The van der Waals surface area contributed by atoms with Crippen LogP contribution >= 0.6 is 11.5 Å². The molecule has 3 aromatic rings. The highest BCUT2D eigenvalue weighted by Gasteiger charge is 2.25. The first kappa shape index (κ1) is 18.1. The van der Waals surface area contributed by atoms with E-state index in [2.05, 4.69) is 32.4 Å². The summed E-state index contributed by atoms with van der Waals surface area (Å²) >= 11 is 1.48. The highest BCUT2D eigenvalue weighted by atomic mass is 32.1. The van der Waals surface area contributed by atoms with Gasteiger partial charge in [0.2, 0.25) is 11.0 Å². The summed E-state index contributed by atoms with van der Waals surface area (Å²) in [5, 5.41) is 0.995. The Labute approximate surface area is 174 Å². The maximum Gasteiger partial charge on any atom is 0.223 e. The third kappa shape index (κ3) is 3.46. The number of aromatic nitrogens is 2. The number of anilines is 3. The van der Waals surface area contributed by atoms with Gasteiger partial charge in [-0.1, -0.05) is 30.3 Å². The molecule has 29 heavy (non-hydrogen) atoms. The highest BCUT2D eigenvalue weighted by Crippen LogP contribution is 2.32. The number of amides is 1. The van der Waals surface area contributed by atoms with Crippen molar-refractivity contribution in [2.75, 3.05) is 47.4 Å². The number of benzene rings is 2. The molecule has 148 valence electrons. The Morgan fingerprint density at radius 2 is 1.72 bits per heavy atom. The summed E-state index contributed by atoms with van der Waals surface area (Å²) < 4.78 is 4.54. The Morgan fingerprint density at radius 1 is 0.966 bits per heavy atom. The molecule has 1 fully saturated rings. The van der Waals surface area contributed by atoms with Crippen molar-refractivity contribution in [3.63, 3.8) is 0 Å². The first-order chi connectivity index (χ1) is 14.2. The third-order valence-corrected chi connectivity index (χ3v) is 6.48. The van der Waals surface area contributed by atoms with Gasteiger partial charge in [0.25, 0.3) is 0 Å². The first-order valence-electron chi connectivity index (χ1n) is 9.99. The maximum absolute atomic E-state index is 11.8. The molecule has 0 atom stereocenters. The normalized spacial score (nSPS) is 16.2. The predicted octanol–water partition coefficient (Wildman–Crippen LogP) is 3.44. The Bertz CT molecular complexity index is 1030. The summed E-state index contributed by atoms with van der Waals surface area (Å²) in [6, 6.07) is 16.6. The topological polar surface area (TPSA) is 52.6 Å². The number of hydrogen-bond acceptors (Lipinski definition) is 6. The van der Waals surface area contributed by atoms with E-state index in [-0.39, 0.29) is 5.91 Å². The van der Waals surface area contributed by atoms with Crippen molar-refractivity contribution in [3.8, 4) is 11.4 Å². The minimum absolute atomic E-state index is 0.122. The molecule has 3 heterocycles. The highest BCUT2D eigenvalue weighted by molar-refractivity contribution is 7.09. The van der Waals surface area contributed by atoms with Crippen molar-refractivity contribution in [3.05, 3.63) is 54.1 Å². The molecule has 1 aromatic heterocycles. The van der Waals surface area contributed by atoms with Gasteiger partial charge in [-0.05, 0) is 30.2 Å². The van der Waals surface area contributed by atoms with Gasteiger partial charge >= 0.3 is 0 Å². The third-order valence-electron chi connectivity index (χ3n) is 5.70. The molecule has 0 spiro atoms. The van der Waals surface area contributed by atoms with E-state index >= 15 is 0 Å². The van der Waals surface area contributed by atoms with E-state index in [0.717, 1.165) is 61.4 Å². The predicted molar refractivity (Wildman–Crippen MR) is 118 cm³/mol. The Balaban J connectivity index is 1.26. The lowest BCUT2D eigenvalue weighted by molar-refractivity contribution is -0.116. The molecule has 2 aliphatic rings. The Morgan fingerprint density at radius 3 is 2.48 bits per heavy atom. The van der Waals surface area contributed by atoms with E-state index in [1.165, 1.54) is 22.8 Å². The Hall–Kier alpha value is -2.93. The monoisotopic (exact) mass is 405 g/mol. The molecule has 1 amide bonds. The fourth-order valence-electron chi connectivity index (χ4n) is 4.12. The largest absolute Gasteiger partial charge is 0.368 e. The number of carbonyl (C=O) groups is 1. The van der Waals surface area contributed by atoms with Crippen LogP contribution in [0, 0.1) is 0 Å². The van der Waals surface area contributed by atoms with Crippen LogP contribution in [0.4, 0.5) is 16.5 Å². The van der Waals surface area contributed by atoms with Gasteiger partial charge in [-0.15, -0.1) is 0 Å². The van der Waals surface area contributed by atoms with Gasteiger partial charge < -0.3 is 14.7 Å². The molecule has 2 aromatic carbocycles. The molecular weight excluding hydrogens is 382 g/mol. The van der Waals surface area contributed by atoms with E-state index in [1.54, 1.807) is 6.92 Å². The van der Waals surface area contributed by atoms with Gasteiger partial charge in [-0.3, -0.25) is 4.79 Å². The lowest BCUT2D eigenvalue weighted by Gasteiger charge is -2.36. The average molecular weight is 406 g/mol. The summed E-state index contributed by atoms with van der Waals surface area (Å²) in [5.41, 5.74) is 4.65. The van der Waals surface area contributed by atoms with Crippen molar-refractivity contribution < 1.29 is 4.79 Å². The van der Waals surface area contributed by atoms with Gasteiger partial charge in [-0.2, -0.15) is 9.36 Å². The van der Waals surface area contributed by atoms with Crippen molar-refractivity contribution >= 4 is 33.9 Å². The summed E-state index contributed by atoms with van der Waals surface area (Å²) in [6.45, 7) is 6.20. The second kappa shape index (κ2) is 7.48. The molecule has 1 saturated heterocycles. The van der Waals surface area contributed by atoms with Gasteiger partial charge in [0, 0.05) is 68.1 Å². The van der Waals surface area contributed by atoms with Crippen molar-refractivity contribution in [2.45, 2.75) is 13.3 Å². The van der Waals surface area contributed by atoms with Crippen LogP contribution in [0.2, 0.25) is 0 Å². The van der Waals surface area contributed by atoms with Crippen LogP contribution in [0.3, 0.4) is 0 Å². The lowest BCUT2D eigenvalue weighted by atomic mass is 10.1. The number of fused-ring (bicyclic) bond motifs is 1. The molecule has 0 saturated carbocycles. The Kier molecular flexibility index (Phi) is 4.67. The molecule has 5 rings (SSSR count). The number of nitrogens with zero attached hydrogens (tertiary/aromatic N) is 5. The van der Waals surface area contributed by atoms with Gasteiger partial charge in [0.15, 0.2) is 5.82 Å². The molecule has 0 unspecified atom stereocenters. The summed E-state index contributed by atoms with van der Waals surface area (Å²) in [5.74, 6) is 0.929. The second-order valence-electron chi connectivity index (χ2n) is 7.47. The summed E-state index contributed by atoms with van der Waals surface area (Å²) in [4.78, 5) is 23.1. The SMILES string of the molecule is CC(=O)N1CCc2cc(N3CCN(c4nc(-c5ccccc5)ns4)CC3)ccc21. The average Bonchev–Trinajstić information content (AvgIpc) is 3.42. The number of hydrogen-bond donors (Lipinski definition) is 0. The summed E-state index contributed by atoms with van der Waals surface area (Å²) in [6.07, 6.45) is 0.940. The molecular formula is C22H23N5OS. The zero-order valence-corrected chi connectivity index (χ0v) is 17.2. The van der Waals surface area contributed by atoms with Crippen molar-refractivity contribution in [2.24, 2.45) is 0 Å². The number of carbonyl (C=O) groups excluding carboxylic acids is 1. The van der Waals surface area contributed by atoms with Crippen LogP contribution in [-0.2, 0) is 11.2 Å². The second-order valence-corrected chi connectivity index (χ2v) is 8.20. The number of rotatable bonds is 3. The molecule has 6 nitrogen and oxygen atoms in total. The summed E-state index contributed by atoms with van der Waals surface area (Å²) in [7, 11) is 0. The standard InChI is InChI=1S/C22H23N5OS/c1-16(28)27-10-9-18-15-19(7-8-20(18)27)25-11-13-26(14-12-25)22-23-21(24-29-22)17-5-3-2-4-6-17/h2-8,15H,9-14H2,1H3. The molecule has 0 N–H and O–H groups in total. The molecule has 7 heteroatoms. The van der Waals surface area contributed by atoms with Crippen LogP contribution in [0.15, 0.2) is 48.5 Å². The fourth-order valence-corrected chi connectivity index (χ4v) is 4.86. The van der Waals surface area contributed by atoms with E-state index in [4.69, 9.17) is 4.98 Å². The van der Waals surface area contributed by atoms with Crippen LogP contribution in [-0.4, -0.2) is 48.0 Å². The van der Waals surface area contributed by atoms with Crippen LogP contribution < -0.4 is 14.7 Å². The van der Waals surface area contributed by atoms with Gasteiger partial charge in [0.1, 0.15) is 0 Å². The van der Waals surface area contributed by atoms with Crippen LogP contribution in [0.1, 0.15) is 12.5 Å². The van der Waals surface area contributed by atoms with E-state index in [0.29, 0.717) is 0 Å². The quantitative estimate of drug-likeness (QED) is 0.668. The first-order valence-corrected chi connectivity index (χ1v) is 10.8. The molecule has 0 bridgehead atoms. The van der Waals surface area contributed by atoms with Crippen molar-refractivity contribution in [1.82, 2.24) is 9.36 Å². The van der Waals surface area contributed by atoms with E-state index in [1.807, 2.05) is 35.2 Å². The maximum atomic E-state index is 11.8. The van der Waals surface area contributed by atoms with Crippen LogP contribution in [0.5, 0.6) is 0 Å². The van der Waals surface area contributed by atoms with Gasteiger partial charge in [-0.25, -0.2) is 0 Å². The van der Waals surface area contributed by atoms with E-state index in [9.17, 15) is 4.79 Å². The van der Waals surface area contributed by atoms with Crippen molar-refractivity contribution in [1.29, 1.82) is 0 Å². The zero-order chi connectivity index (χ0) is 19.8. The lowest BCUT2D eigenvalue weighted by Crippen LogP contribution is -2.46. The fraction of sp³-hybridized carbons (Fsp3) is 0.318. The smallest absolute Gasteiger partial charge is 0.223 e. The van der Waals surface area contributed by atoms with Crippen LogP contribution in [0.25, 0.3) is 11.4 Å². The minimum Gasteiger partial charge on any atom is -0.368 e. The molecule has 0 aliphatic carbocycles. The van der Waals surface area contributed by atoms with E-state index < -0.39 is 0 Å². The zero-order valence-electron chi connectivity index (χ0n) is 16.4. The van der Waals surface area contributed by atoms with Gasteiger partial charge in [0.05, 0.1) is 0 Å². The molecule has 0 radical (unpaired) electrons. The number of piperazine rings is 1.